The maximum atomic E-state index is 12.2. The highest BCUT2D eigenvalue weighted by atomic mass is 16.5. The van der Waals surface area contributed by atoms with Crippen LogP contribution in [0.25, 0.3) is 0 Å². The highest BCUT2D eigenvalue weighted by molar-refractivity contribution is 5.75. The molecule has 0 amide bonds. The van der Waals surface area contributed by atoms with Gasteiger partial charge < -0.3 is 9.47 Å². The molecule has 1 aromatic carbocycles. The van der Waals surface area contributed by atoms with Gasteiger partial charge in [0.2, 0.25) is 0 Å². The molecule has 1 heterocycles. The molecule has 0 saturated carbocycles. The molecule has 19 heavy (non-hydrogen) atoms. The van der Waals surface area contributed by atoms with Crippen molar-refractivity contribution in [1.29, 1.82) is 0 Å². The summed E-state index contributed by atoms with van der Waals surface area (Å²) in [6, 6.07) is 8.39. The van der Waals surface area contributed by atoms with E-state index < -0.39 is 0 Å². The molecule has 0 aliphatic carbocycles. The molecule has 0 N–H and O–H groups in total. The summed E-state index contributed by atoms with van der Waals surface area (Å²) in [4.78, 5) is 12.2. The number of aryl methyl sites for hydroxylation is 1. The van der Waals surface area contributed by atoms with Gasteiger partial charge in [-0.05, 0) is 18.4 Å². The monoisotopic (exact) mass is 262 g/mol. The highest BCUT2D eigenvalue weighted by Gasteiger charge is 2.52. The summed E-state index contributed by atoms with van der Waals surface area (Å²) < 4.78 is 10.4. The Bertz CT molecular complexity index is 444. The van der Waals surface area contributed by atoms with E-state index in [2.05, 4.69) is 45.0 Å². The number of carbonyl (C=O) groups is 1. The van der Waals surface area contributed by atoms with Crippen LogP contribution < -0.4 is 0 Å². The van der Waals surface area contributed by atoms with Crippen molar-refractivity contribution < 1.29 is 14.3 Å². The van der Waals surface area contributed by atoms with Crippen LogP contribution >= 0.6 is 0 Å². The third-order valence-electron chi connectivity index (χ3n) is 4.06. The number of hydrogen-bond donors (Lipinski definition) is 0. The number of rotatable bonds is 4. The number of benzene rings is 1. The van der Waals surface area contributed by atoms with E-state index in [0.29, 0.717) is 13.2 Å². The molecule has 1 saturated heterocycles. The van der Waals surface area contributed by atoms with E-state index in [4.69, 9.17) is 9.47 Å². The van der Waals surface area contributed by atoms with E-state index in [1.54, 1.807) is 0 Å². The fourth-order valence-corrected chi connectivity index (χ4v) is 3.00. The SMILES string of the molecule is COC(=O)C(C(C)C)C1(c2ccc(C)cc2)COC1. The fraction of sp³-hybridized carbons (Fsp3) is 0.562. The lowest BCUT2D eigenvalue weighted by atomic mass is 9.64. The normalized spacial score (nSPS) is 18.8. The molecule has 1 atom stereocenters. The molecular formula is C16H22O3. The first kappa shape index (κ1) is 14.1. The van der Waals surface area contributed by atoms with Crippen LogP contribution in [0.5, 0.6) is 0 Å². The number of ether oxygens (including phenoxy) is 2. The summed E-state index contributed by atoms with van der Waals surface area (Å²) in [5, 5.41) is 0. The maximum absolute atomic E-state index is 12.2. The van der Waals surface area contributed by atoms with E-state index in [-0.39, 0.29) is 23.2 Å². The van der Waals surface area contributed by atoms with Crippen LogP contribution in [0.3, 0.4) is 0 Å². The minimum absolute atomic E-state index is 0.140. The lowest BCUT2D eigenvalue weighted by Gasteiger charge is -2.47. The van der Waals surface area contributed by atoms with Gasteiger partial charge in [0.05, 0.1) is 31.7 Å². The van der Waals surface area contributed by atoms with Gasteiger partial charge >= 0.3 is 5.97 Å². The number of methoxy groups -OCH3 is 1. The van der Waals surface area contributed by atoms with Crippen LogP contribution in [0.1, 0.15) is 25.0 Å². The first-order valence-electron chi connectivity index (χ1n) is 6.74. The minimum Gasteiger partial charge on any atom is -0.469 e. The average Bonchev–Trinajstić information content (AvgIpc) is 2.33. The molecule has 1 aliphatic rings. The quantitative estimate of drug-likeness (QED) is 0.783. The van der Waals surface area contributed by atoms with Gasteiger partial charge in [-0.15, -0.1) is 0 Å². The zero-order valence-electron chi connectivity index (χ0n) is 12.1. The van der Waals surface area contributed by atoms with Gasteiger partial charge in [0.15, 0.2) is 0 Å². The van der Waals surface area contributed by atoms with Crippen molar-refractivity contribution in [2.45, 2.75) is 26.2 Å². The molecule has 0 spiro atoms. The Morgan fingerprint density at radius 2 is 1.84 bits per heavy atom. The van der Waals surface area contributed by atoms with Gasteiger partial charge in [-0.25, -0.2) is 0 Å². The third kappa shape index (κ3) is 2.39. The molecule has 0 aromatic heterocycles. The van der Waals surface area contributed by atoms with Gasteiger partial charge in [-0.1, -0.05) is 43.7 Å². The molecule has 2 rings (SSSR count). The Labute approximate surface area is 114 Å². The van der Waals surface area contributed by atoms with Crippen LogP contribution in [0.2, 0.25) is 0 Å². The molecule has 104 valence electrons. The molecule has 1 unspecified atom stereocenters. The van der Waals surface area contributed by atoms with E-state index in [0.717, 1.165) is 0 Å². The summed E-state index contributed by atoms with van der Waals surface area (Å²) in [5.41, 5.74) is 2.17. The summed E-state index contributed by atoms with van der Waals surface area (Å²) in [6.07, 6.45) is 0. The zero-order chi connectivity index (χ0) is 14.0. The lowest BCUT2D eigenvalue weighted by Crippen LogP contribution is -2.56. The molecule has 0 bridgehead atoms. The van der Waals surface area contributed by atoms with Gasteiger partial charge in [0, 0.05) is 0 Å². The fourth-order valence-electron chi connectivity index (χ4n) is 3.00. The van der Waals surface area contributed by atoms with E-state index in [9.17, 15) is 4.79 Å². The summed E-state index contributed by atoms with van der Waals surface area (Å²) in [5.74, 6) is -0.0783. The molecule has 1 aromatic rings. The highest BCUT2D eigenvalue weighted by Crippen LogP contribution is 2.43. The van der Waals surface area contributed by atoms with Gasteiger partial charge in [0.25, 0.3) is 0 Å². The van der Waals surface area contributed by atoms with E-state index in [1.165, 1.54) is 18.2 Å². The predicted octanol–water partition coefficient (Wildman–Crippen LogP) is 2.71. The minimum atomic E-state index is -0.227. The standard InChI is InChI=1S/C16H22O3/c1-11(2)14(15(17)18-4)16(9-19-10-16)13-7-5-12(3)6-8-13/h5-8,11,14H,9-10H2,1-4H3. The second-order valence-electron chi connectivity index (χ2n) is 5.76. The first-order valence-corrected chi connectivity index (χ1v) is 6.74. The molecule has 0 radical (unpaired) electrons. The van der Waals surface area contributed by atoms with Crippen molar-refractivity contribution in [2.75, 3.05) is 20.3 Å². The second kappa shape index (κ2) is 5.33. The second-order valence-corrected chi connectivity index (χ2v) is 5.76. The van der Waals surface area contributed by atoms with Crippen LogP contribution in [0.15, 0.2) is 24.3 Å². The molecular weight excluding hydrogens is 240 g/mol. The van der Waals surface area contributed by atoms with Crippen LogP contribution in [0.4, 0.5) is 0 Å². The third-order valence-corrected chi connectivity index (χ3v) is 4.06. The Balaban J connectivity index is 2.40. The molecule has 3 heteroatoms. The smallest absolute Gasteiger partial charge is 0.310 e. The Morgan fingerprint density at radius 1 is 1.26 bits per heavy atom. The van der Waals surface area contributed by atoms with E-state index in [1.807, 2.05) is 0 Å². The van der Waals surface area contributed by atoms with Crippen molar-refractivity contribution in [3.8, 4) is 0 Å². The number of hydrogen-bond acceptors (Lipinski definition) is 3. The van der Waals surface area contributed by atoms with Crippen molar-refractivity contribution >= 4 is 5.97 Å². The van der Waals surface area contributed by atoms with Crippen molar-refractivity contribution in [2.24, 2.45) is 11.8 Å². The largest absolute Gasteiger partial charge is 0.469 e. The lowest BCUT2D eigenvalue weighted by molar-refractivity contribution is -0.164. The van der Waals surface area contributed by atoms with Gasteiger partial charge in [0.1, 0.15) is 0 Å². The molecule has 3 nitrogen and oxygen atoms in total. The zero-order valence-corrected chi connectivity index (χ0v) is 12.1. The van der Waals surface area contributed by atoms with Crippen LogP contribution in [0, 0.1) is 18.8 Å². The molecule has 1 aliphatic heterocycles. The van der Waals surface area contributed by atoms with Crippen LogP contribution in [-0.4, -0.2) is 26.3 Å². The van der Waals surface area contributed by atoms with Crippen molar-refractivity contribution in [3.05, 3.63) is 35.4 Å². The summed E-state index contributed by atoms with van der Waals surface area (Å²) in [7, 11) is 1.46. The van der Waals surface area contributed by atoms with Gasteiger partial charge in [-0.2, -0.15) is 0 Å². The number of carbonyl (C=O) groups excluding carboxylic acids is 1. The predicted molar refractivity (Wildman–Crippen MR) is 74.0 cm³/mol. The number of esters is 1. The Hall–Kier alpha value is -1.35. The van der Waals surface area contributed by atoms with Gasteiger partial charge in [-0.3, -0.25) is 4.79 Å². The maximum Gasteiger partial charge on any atom is 0.310 e. The van der Waals surface area contributed by atoms with Crippen molar-refractivity contribution in [3.63, 3.8) is 0 Å². The van der Waals surface area contributed by atoms with Crippen LogP contribution in [-0.2, 0) is 19.7 Å². The summed E-state index contributed by atoms with van der Waals surface area (Å²) >= 11 is 0. The van der Waals surface area contributed by atoms with E-state index >= 15 is 0 Å². The Kier molecular flexibility index (Phi) is 3.95. The average molecular weight is 262 g/mol. The summed E-state index contributed by atoms with van der Waals surface area (Å²) in [6.45, 7) is 7.38. The van der Waals surface area contributed by atoms with Crippen molar-refractivity contribution in [1.82, 2.24) is 0 Å². The first-order chi connectivity index (χ1) is 9.01. The Morgan fingerprint density at radius 3 is 2.21 bits per heavy atom. The molecule has 1 fully saturated rings. The topological polar surface area (TPSA) is 35.5 Å².